The van der Waals surface area contributed by atoms with Crippen molar-refractivity contribution >= 4 is 0 Å². The van der Waals surface area contributed by atoms with E-state index in [4.69, 9.17) is 9.47 Å². The number of ether oxygens (including phenoxy) is 2. The molecule has 0 amide bonds. The minimum absolute atomic E-state index is 0.0216. The van der Waals surface area contributed by atoms with Gasteiger partial charge in [0.05, 0.1) is 13.2 Å². The van der Waals surface area contributed by atoms with E-state index in [1.807, 2.05) is 0 Å². The summed E-state index contributed by atoms with van der Waals surface area (Å²) >= 11 is 0. The van der Waals surface area contributed by atoms with Crippen LogP contribution in [0.25, 0.3) is 0 Å². The fourth-order valence-electron chi connectivity index (χ4n) is 7.76. The highest BCUT2D eigenvalue weighted by Gasteiger charge is 2.35. The third-order valence-corrected chi connectivity index (χ3v) is 9.93. The number of benzene rings is 2. The second kappa shape index (κ2) is 12.8. The van der Waals surface area contributed by atoms with Gasteiger partial charge in [0, 0.05) is 0 Å². The van der Waals surface area contributed by atoms with Crippen molar-refractivity contribution in [2.45, 2.75) is 103 Å². The van der Waals surface area contributed by atoms with Crippen LogP contribution in [-0.4, -0.2) is 13.2 Å². The molecule has 2 aromatic carbocycles. The Morgan fingerprint density at radius 3 is 1.84 bits per heavy atom. The molecule has 208 valence electrons. The first-order valence-electron chi connectivity index (χ1n) is 15.4. The first-order valence-corrected chi connectivity index (χ1v) is 15.4. The van der Waals surface area contributed by atoms with Crippen molar-refractivity contribution in [3.05, 3.63) is 59.2 Å². The number of fused-ring (bicyclic) bond motifs is 1. The summed E-state index contributed by atoms with van der Waals surface area (Å²) in [6.45, 7) is 4.81. The molecule has 0 bridgehead atoms. The minimum Gasteiger partial charge on any atom is -0.491 e. The molecule has 3 aliphatic carbocycles. The third kappa shape index (κ3) is 6.37. The lowest BCUT2D eigenvalue weighted by molar-refractivity contribution is 0.114. The van der Waals surface area contributed by atoms with Crippen LogP contribution in [0.5, 0.6) is 11.5 Å². The summed E-state index contributed by atoms with van der Waals surface area (Å²) in [5.41, 5.74) is 3.01. The van der Waals surface area contributed by atoms with E-state index in [-0.39, 0.29) is 11.5 Å². The van der Waals surface area contributed by atoms with Gasteiger partial charge in [-0.3, -0.25) is 0 Å². The highest BCUT2D eigenvalue weighted by Crippen LogP contribution is 2.48. The van der Waals surface area contributed by atoms with E-state index in [9.17, 15) is 8.78 Å². The van der Waals surface area contributed by atoms with E-state index in [2.05, 4.69) is 31.2 Å². The van der Waals surface area contributed by atoms with Gasteiger partial charge in [-0.15, -0.1) is 0 Å². The fourth-order valence-corrected chi connectivity index (χ4v) is 7.76. The highest BCUT2D eigenvalue weighted by molar-refractivity contribution is 5.35. The predicted molar refractivity (Wildman–Crippen MR) is 150 cm³/mol. The molecule has 0 radical (unpaired) electrons. The average Bonchev–Trinajstić information content (AvgIpc) is 2.95. The van der Waals surface area contributed by atoms with Gasteiger partial charge in [0.1, 0.15) is 0 Å². The van der Waals surface area contributed by atoms with Crippen molar-refractivity contribution in [3.8, 4) is 11.5 Å². The summed E-state index contributed by atoms with van der Waals surface area (Å²) in [6, 6.07) is 12.5. The summed E-state index contributed by atoms with van der Waals surface area (Å²) in [7, 11) is 0. The molecule has 0 N–H and O–H groups in total. The quantitative estimate of drug-likeness (QED) is 0.325. The predicted octanol–water partition coefficient (Wildman–Crippen LogP) is 9.82. The molecule has 0 saturated heterocycles. The van der Waals surface area contributed by atoms with Crippen molar-refractivity contribution < 1.29 is 18.3 Å². The Hall–Kier alpha value is -2.10. The molecule has 0 spiro atoms. The Labute approximate surface area is 228 Å². The van der Waals surface area contributed by atoms with Gasteiger partial charge in [0.25, 0.3) is 0 Å². The molecule has 38 heavy (non-hydrogen) atoms. The molecule has 5 rings (SSSR count). The zero-order chi connectivity index (χ0) is 26.5. The Morgan fingerprint density at radius 2 is 1.18 bits per heavy atom. The van der Waals surface area contributed by atoms with E-state index in [0.29, 0.717) is 25.0 Å². The smallest absolute Gasteiger partial charge is 0.204 e. The molecule has 0 aliphatic heterocycles. The Kier molecular flexibility index (Phi) is 9.28. The lowest BCUT2D eigenvalue weighted by atomic mass is 9.63. The maximum atomic E-state index is 14.3. The van der Waals surface area contributed by atoms with E-state index in [1.54, 1.807) is 12.5 Å². The second-order valence-corrected chi connectivity index (χ2v) is 12.3. The highest BCUT2D eigenvalue weighted by atomic mass is 19.2. The van der Waals surface area contributed by atoms with Gasteiger partial charge in [-0.05, 0) is 123 Å². The van der Waals surface area contributed by atoms with Gasteiger partial charge in [-0.1, -0.05) is 50.5 Å². The maximum Gasteiger partial charge on any atom is 0.204 e. The van der Waals surface area contributed by atoms with Crippen molar-refractivity contribution in [3.63, 3.8) is 0 Å². The van der Waals surface area contributed by atoms with Gasteiger partial charge < -0.3 is 9.47 Å². The maximum absolute atomic E-state index is 14.3. The van der Waals surface area contributed by atoms with Gasteiger partial charge in [-0.25, -0.2) is 0 Å². The summed E-state index contributed by atoms with van der Waals surface area (Å²) in [6.07, 6.45) is 15.7. The number of halogens is 2. The number of rotatable bonds is 9. The van der Waals surface area contributed by atoms with Crippen LogP contribution < -0.4 is 9.47 Å². The second-order valence-electron chi connectivity index (χ2n) is 12.3. The molecule has 3 saturated carbocycles. The summed E-state index contributed by atoms with van der Waals surface area (Å²) in [5, 5.41) is 0. The topological polar surface area (TPSA) is 18.5 Å². The molecular formula is C34H46F2O2. The van der Waals surface area contributed by atoms with Crippen molar-refractivity contribution in [2.24, 2.45) is 23.7 Å². The Morgan fingerprint density at radius 1 is 0.632 bits per heavy atom. The van der Waals surface area contributed by atoms with Crippen LogP contribution in [0.1, 0.15) is 114 Å². The zero-order valence-corrected chi connectivity index (χ0v) is 23.4. The Balaban J connectivity index is 1.08. The first kappa shape index (κ1) is 27.5. The largest absolute Gasteiger partial charge is 0.491 e. The van der Waals surface area contributed by atoms with E-state index >= 15 is 0 Å². The summed E-state index contributed by atoms with van der Waals surface area (Å²) in [5.74, 6) is 2.63. The van der Waals surface area contributed by atoms with Crippen LogP contribution in [0, 0.1) is 35.3 Å². The van der Waals surface area contributed by atoms with Crippen molar-refractivity contribution in [1.82, 2.24) is 0 Å². The molecule has 0 aromatic heterocycles. The van der Waals surface area contributed by atoms with Crippen molar-refractivity contribution in [2.75, 3.05) is 13.2 Å². The van der Waals surface area contributed by atoms with E-state index < -0.39 is 11.6 Å². The molecule has 4 unspecified atom stereocenters. The van der Waals surface area contributed by atoms with Gasteiger partial charge in [-0.2, -0.15) is 8.78 Å². The normalized spacial score (nSPS) is 29.5. The molecule has 2 aromatic rings. The average molecular weight is 525 g/mol. The van der Waals surface area contributed by atoms with Crippen LogP contribution in [0.4, 0.5) is 8.78 Å². The summed E-state index contributed by atoms with van der Waals surface area (Å²) < 4.78 is 39.3. The van der Waals surface area contributed by atoms with Crippen LogP contribution in [-0.2, 0) is 0 Å². The number of hydrogen-bond donors (Lipinski definition) is 0. The molecular weight excluding hydrogens is 478 g/mol. The number of hydrogen-bond acceptors (Lipinski definition) is 2. The van der Waals surface area contributed by atoms with Crippen LogP contribution in [0.3, 0.4) is 0 Å². The molecule has 3 fully saturated rings. The molecule has 2 nitrogen and oxygen atoms in total. The van der Waals surface area contributed by atoms with Crippen LogP contribution in [0.15, 0.2) is 36.4 Å². The third-order valence-electron chi connectivity index (χ3n) is 9.93. The fraction of sp³-hybridized carbons (Fsp3) is 0.647. The van der Waals surface area contributed by atoms with Gasteiger partial charge >= 0.3 is 0 Å². The first-order chi connectivity index (χ1) is 18.6. The van der Waals surface area contributed by atoms with Gasteiger partial charge in [0.15, 0.2) is 11.5 Å². The van der Waals surface area contributed by atoms with Crippen molar-refractivity contribution in [1.29, 1.82) is 0 Å². The van der Waals surface area contributed by atoms with Gasteiger partial charge in [0.2, 0.25) is 11.6 Å². The molecule has 0 heterocycles. The molecule has 4 atom stereocenters. The molecule has 4 heteroatoms. The zero-order valence-electron chi connectivity index (χ0n) is 23.4. The lowest BCUT2D eigenvalue weighted by Gasteiger charge is -2.42. The monoisotopic (exact) mass is 524 g/mol. The summed E-state index contributed by atoms with van der Waals surface area (Å²) in [4.78, 5) is 0. The van der Waals surface area contributed by atoms with Crippen LogP contribution >= 0.6 is 0 Å². The standard InChI is InChI=1S/C34H46F2O2/c1-3-5-23-6-11-30-21-29(17-16-28(30)20-23)27-14-12-26(13-15-27)25-9-7-24(8-10-25)22-38-32-19-18-31(37-4-2)33(35)34(32)36/h12-15,18-19,23-25,28-30H,3-11,16-17,20-22H2,1-2H3. The SMILES string of the molecule is CCCC1CCC2CC(c3ccc(C4CCC(COc5ccc(OCC)c(F)c5F)CC4)cc3)CCC2C1. The minimum atomic E-state index is -0.969. The van der Waals surface area contributed by atoms with E-state index in [1.165, 1.54) is 69.1 Å². The lowest BCUT2D eigenvalue weighted by Crippen LogP contribution is -2.30. The van der Waals surface area contributed by atoms with E-state index in [0.717, 1.165) is 49.4 Å². The van der Waals surface area contributed by atoms with Crippen LogP contribution in [0.2, 0.25) is 0 Å². The molecule has 3 aliphatic rings. The Bertz CT molecular complexity index is 1030.